The van der Waals surface area contributed by atoms with E-state index in [4.69, 9.17) is 5.11 Å². The number of aliphatic hydroxyl groups is 1. The number of hydrogen-bond acceptors (Lipinski definition) is 4. The second kappa shape index (κ2) is 6.72. The maximum atomic E-state index is 11.7. The topological polar surface area (TPSA) is 81.0 Å². The summed E-state index contributed by atoms with van der Waals surface area (Å²) < 4.78 is 0. The summed E-state index contributed by atoms with van der Waals surface area (Å²) in [6, 6.07) is 5.73. The Bertz CT molecular complexity index is 461. The smallest absolute Gasteiger partial charge is 0.325 e. The van der Waals surface area contributed by atoms with Gasteiger partial charge in [0.1, 0.15) is 11.8 Å². The third kappa shape index (κ3) is 3.29. The number of aliphatic hydroxyl groups excluding tert-OH is 1. The van der Waals surface area contributed by atoms with Crippen molar-refractivity contribution < 1.29 is 20.1 Å². The summed E-state index contributed by atoms with van der Waals surface area (Å²) in [6.07, 6.45) is 3.52. The molecule has 1 aliphatic heterocycles. The minimum atomic E-state index is -0.916. The molecule has 110 valence electrons. The fraction of sp³-hybridized carbons (Fsp3) is 0.533. The van der Waals surface area contributed by atoms with Gasteiger partial charge in [-0.1, -0.05) is 18.6 Å². The van der Waals surface area contributed by atoms with Gasteiger partial charge in [-0.05, 0) is 43.5 Å². The fourth-order valence-electron chi connectivity index (χ4n) is 2.99. The average molecular weight is 279 g/mol. The van der Waals surface area contributed by atoms with E-state index in [1.807, 2.05) is 4.90 Å². The molecule has 2 atom stereocenters. The van der Waals surface area contributed by atoms with Crippen LogP contribution in [0.5, 0.6) is 5.75 Å². The van der Waals surface area contributed by atoms with E-state index in [9.17, 15) is 15.0 Å². The normalized spacial score (nSPS) is 21.6. The van der Waals surface area contributed by atoms with Crippen LogP contribution >= 0.6 is 0 Å². The number of nitrogens with zero attached hydrogens (tertiary/aromatic N) is 1. The van der Waals surface area contributed by atoms with E-state index >= 15 is 0 Å². The van der Waals surface area contributed by atoms with Gasteiger partial charge in [0.05, 0.1) is 0 Å². The monoisotopic (exact) mass is 279 g/mol. The molecule has 20 heavy (non-hydrogen) atoms. The standard InChI is InChI=1S/C15H21NO4/c17-9-7-12-5-1-2-8-16(12)14(15(19)20)11-4-3-6-13(18)10-11/h3-4,6,10,12,14,17-18H,1-2,5,7-9H2,(H,19,20). The lowest BCUT2D eigenvalue weighted by Crippen LogP contribution is -2.45. The molecule has 1 fully saturated rings. The Kier molecular flexibility index (Phi) is 4.98. The Morgan fingerprint density at radius 1 is 1.40 bits per heavy atom. The van der Waals surface area contributed by atoms with Crippen LogP contribution in [0.15, 0.2) is 24.3 Å². The lowest BCUT2D eigenvalue weighted by atomic mass is 9.94. The number of hydrogen-bond donors (Lipinski definition) is 3. The number of phenols is 1. The van der Waals surface area contributed by atoms with Gasteiger partial charge in [0.2, 0.25) is 0 Å². The van der Waals surface area contributed by atoms with Crippen molar-refractivity contribution in [2.24, 2.45) is 0 Å². The molecule has 0 aromatic heterocycles. The van der Waals surface area contributed by atoms with E-state index in [2.05, 4.69) is 0 Å². The highest BCUT2D eigenvalue weighted by Crippen LogP contribution is 2.31. The van der Waals surface area contributed by atoms with Gasteiger partial charge in [-0.25, -0.2) is 0 Å². The zero-order valence-corrected chi connectivity index (χ0v) is 11.4. The summed E-state index contributed by atoms with van der Waals surface area (Å²) in [5.41, 5.74) is 0.585. The van der Waals surface area contributed by atoms with E-state index < -0.39 is 12.0 Å². The maximum Gasteiger partial charge on any atom is 0.325 e. The second-order valence-corrected chi connectivity index (χ2v) is 5.24. The van der Waals surface area contributed by atoms with Crippen LogP contribution in [0.25, 0.3) is 0 Å². The molecule has 5 heteroatoms. The number of likely N-dealkylation sites (tertiary alicyclic amines) is 1. The van der Waals surface area contributed by atoms with Crippen molar-refractivity contribution in [3.05, 3.63) is 29.8 Å². The summed E-state index contributed by atoms with van der Waals surface area (Å²) >= 11 is 0. The largest absolute Gasteiger partial charge is 0.508 e. The number of piperidine rings is 1. The molecule has 0 aliphatic carbocycles. The van der Waals surface area contributed by atoms with Crippen molar-refractivity contribution in [3.63, 3.8) is 0 Å². The highest BCUT2D eigenvalue weighted by molar-refractivity contribution is 5.75. The number of carboxylic acids is 1. The quantitative estimate of drug-likeness (QED) is 0.765. The molecule has 1 saturated heterocycles. The summed E-state index contributed by atoms with van der Waals surface area (Å²) in [6.45, 7) is 0.769. The third-order valence-corrected chi connectivity index (χ3v) is 3.89. The number of carbonyl (C=O) groups is 1. The molecule has 0 radical (unpaired) electrons. The molecule has 2 rings (SSSR count). The van der Waals surface area contributed by atoms with Gasteiger partial charge in [0, 0.05) is 12.6 Å². The predicted octanol–water partition coefficient (Wildman–Crippen LogP) is 1.75. The molecule has 0 bridgehead atoms. The maximum absolute atomic E-state index is 11.7. The molecule has 0 amide bonds. The molecule has 0 spiro atoms. The first kappa shape index (κ1) is 14.8. The van der Waals surface area contributed by atoms with Gasteiger partial charge >= 0.3 is 5.97 Å². The van der Waals surface area contributed by atoms with E-state index in [1.54, 1.807) is 12.1 Å². The molecule has 1 heterocycles. The first-order valence-corrected chi connectivity index (χ1v) is 7.02. The molecule has 1 aromatic carbocycles. The van der Waals surface area contributed by atoms with E-state index in [0.717, 1.165) is 19.3 Å². The fourth-order valence-corrected chi connectivity index (χ4v) is 2.99. The lowest BCUT2D eigenvalue weighted by Gasteiger charge is -2.39. The first-order valence-electron chi connectivity index (χ1n) is 7.02. The SMILES string of the molecule is O=C(O)C(c1cccc(O)c1)N1CCCCC1CCO. The second-order valence-electron chi connectivity index (χ2n) is 5.24. The van der Waals surface area contributed by atoms with Gasteiger partial charge in [0.25, 0.3) is 0 Å². The van der Waals surface area contributed by atoms with Crippen molar-refractivity contribution >= 4 is 5.97 Å². The van der Waals surface area contributed by atoms with Crippen LogP contribution < -0.4 is 0 Å². The highest BCUT2D eigenvalue weighted by Gasteiger charge is 2.34. The van der Waals surface area contributed by atoms with Crippen molar-refractivity contribution in [1.29, 1.82) is 0 Å². The minimum Gasteiger partial charge on any atom is -0.508 e. The van der Waals surface area contributed by atoms with Gasteiger partial charge in [-0.15, -0.1) is 0 Å². The number of rotatable bonds is 5. The number of benzene rings is 1. The van der Waals surface area contributed by atoms with Gasteiger partial charge in [-0.2, -0.15) is 0 Å². The Morgan fingerprint density at radius 2 is 2.20 bits per heavy atom. The Balaban J connectivity index is 2.29. The van der Waals surface area contributed by atoms with E-state index in [-0.39, 0.29) is 18.4 Å². The molecule has 0 saturated carbocycles. The van der Waals surface area contributed by atoms with Gasteiger partial charge in [0.15, 0.2) is 0 Å². The van der Waals surface area contributed by atoms with Crippen molar-refractivity contribution in [1.82, 2.24) is 4.90 Å². The minimum absolute atomic E-state index is 0.0630. The van der Waals surface area contributed by atoms with Crippen LogP contribution in [0.3, 0.4) is 0 Å². The van der Waals surface area contributed by atoms with Crippen molar-refractivity contribution in [2.75, 3.05) is 13.2 Å². The highest BCUT2D eigenvalue weighted by atomic mass is 16.4. The van der Waals surface area contributed by atoms with Crippen LogP contribution in [-0.4, -0.2) is 45.4 Å². The Hall–Kier alpha value is -1.59. The Morgan fingerprint density at radius 3 is 2.85 bits per heavy atom. The molecular weight excluding hydrogens is 258 g/mol. The average Bonchev–Trinajstić information content (AvgIpc) is 2.41. The molecule has 2 unspecified atom stereocenters. The number of aliphatic carboxylic acids is 1. The number of phenolic OH excluding ortho intramolecular Hbond substituents is 1. The zero-order valence-electron chi connectivity index (χ0n) is 11.4. The predicted molar refractivity (Wildman–Crippen MR) is 74.5 cm³/mol. The van der Waals surface area contributed by atoms with Gasteiger partial charge < -0.3 is 15.3 Å². The third-order valence-electron chi connectivity index (χ3n) is 3.89. The van der Waals surface area contributed by atoms with Crippen LogP contribution in [0.2, 0.25) is 0 Å². The van der Waals surface area contributed by atoms with Gasteiger partial charge in [-0.3, -0.25) is 9.69 Å². The summed E-state index contributed by atoms with van der Waals surface area (Å²) in [4.78, 5) is 13.6. The summed E-state index contributed by atoms with van der Waals surface area (Å²) in [7, 11) is 0. The van der Waals surface area contributed by atoms with Crippen molar-refractivity contribution in [2.45, 2.75) is 37.8 Å². The van der Waals surface area contributed by atoms with Crippen LogP contribution in [0.1, 0.15) is 37.3 Å². The zero-order chi connectivity index (χ0) is 14.5. The van der Waals surface area contributed by atoms with Crippen LogP contribution in [-0.2, 0) is 4.79 Å². The molecular formula is C15H21NO4. The van der Waals surface area contributed by atoms with Crippen LogP contribution in [0, 0.1) is 0 Å². The molecule has 5 nitrogen and oxygen atoms in total. The number of carboxylic acid groups (broad SMARTS) is 1. The molecule has 1 aliphatic rings. The van der Waals surface area contributed by atoms with Crippen LogP contribution in [0.4, 0.5) is 0 Å². The molecule has 3 N–H and O–H groups in total. The first-order chi connectivity index (χ1) is 9.63. The van der Waals surface area contributed by atoms with Crippen molar-refractivity contribution in [3.8, 4) is 5.75 Å². The Labute approximate surface area is 118 Å². The summed E-state index contributed by atoms with van der Waals surface area (Å²) in [5, 5.41) is 28.3. The molecule has 1 aromatic rings. The lowest BCUT2D eigenvalue weighted by molar-refractivity contribution is -0.145. The van der Waals surface area contributed by atoms with E-state index in [0.29, 0.717) is 18.5 Å². The van der Waals surface area contributed by atoms with E-state index in [1.165, 1.54) is 12.1 Å². The number of aromatic hydroxyl groups is 1. The summed E-state index contributed by atoms with van der Waals surface area (Å²) in [5.74, 6) is -0.843.